The molecule has 0 fully saturated rings. The second-order valence-electron chi connectivity index (χ2n) is 2.42. The number of rotatable bonds is 3. The van der Waals surface area contributed by atoms with E-state index in [-0.39, 0.29) is 0 Å². The van der Waals surface area contributed by atoms with Crippen LogP contribution in [0.1, 0.15) is 6.92 Å². The van der Waals surface area contributed by atoms with Gasteiger partial charge in [0.2, 0.25) is 6.19 Å². The number of hydrogen-bond acceptors (Lipinski definition) is 3. The first-order chi connectivity index (χ1) is 5.49. The molecule has 12 heavy (non-hydrogen) atoms. The molecule has 5 nitrogen and oxygen atoms in total. The molecule has 0 aromatic rings. The summed E-state index contributed by atoms with van der Waals surface area (Å²) in [5, 5.41) is 8.35. The summed E-state index contributed by atoms with van der Waals surface area (Å²) in [6.45, 7) is 2.44. The first-order valence-electron chi connectivity index (χ1n) is 3.53. The summed E-state index contributed by atoms with van der Waals surface area (Å²) in [5.74, 6) is 0. The van der Waals surface area contributed by atoms with E-state index in [1.54, 1.807) is 27.3 Å². The second kappa shape index (κ2) is 4.40. The Labute approximate surface area is 74.0 Å². The molecule has 0 aromatic heterocycles. The Balaban J connectivity index is 5.07. The lowest BCUT2D eigenvalue weighted by Gasteiger charge is -2.23. The Morgan fingerprint density at radius 1 is 1.50 bits per heavy atom. The second-order valence-corrected chi connectivity index (χ2v) is 4.89. The van der Waals surface area contributed by atoms with Gasteiger partial charge >= 0.3 is 0 Å². The molecule has 6 heteroatoms. The quantitative estimate of drug-likeness (QED) is 0.600. The van der Waals surface area contributed by atoms with Crippen LogP contribution < -0.4 is 0 Å². The predicted octanol–water partition coefficient (Wildman–Crippen LogP) is 0.279. The zero-order chi connectivity index (χ0) is 9.78. The van der Waals surface area contributed by atoms with E-state index in [2.05, 4.69) is 4.36 Å². The fourth-order valence-corrected chi connectivity index (χ4v) is 1.95. The molecule has 0 N–H and O–H groups in total. The molecule has 70 valence electrons. The van der Waals surface area contributed by atoms with E-state index >= 15 is 0 Å². The van der Waals surface area contributed by atoms with Crippen LogP contribution in [0.5, 0.6) is 0 Å². The molecular formula is C6H14N4OS. The van der Waals surface area contributed by atoms with E-state index in [4.69, 9.17) is 5.26 Å². The SMILES string of the molecule is CCN(C)S(=O)(=NC#N)N(C)C. The van der Waals surface area contributed by atoms with Crippen LogP contribution in [-0.2, 0) is 10.1 Å². The van der Waals surface area contributed by atoms with Crippen LogP contribution in [0.2, 0.25) is 0 Å². The number of hydrogen-bond donors (Lipinski definition) is 0. The molecule has 0 radical (unpaired) electrons. The monoisotopic (exact) mass is 190 g/mol. The van der Waals surface area contributed by atoms with Gasteiger partial charge in [-0.1, -0.05) is 11.3 Å². The van der Waals surface area contributed by atoms with Gasteiger partial charge in [0, 0.05) is 27.7 Å². The highest BCUT2D eigenvalue weighted by molar-refractivity contribution is 7.89. The van der Waals surface area contributed by atoms with E-state index in [0.29, 0.717) is 6.54 Å². The van der Waals surface area contributed by atoms with Crippen molar-refractivity contribution in [3.8, 4) is 6.19 Å². The van der Waals surface area contributed by atoms with Gasteiger partial charge in [0.1, 0.15) is 0 Å². The van der Waals surface area contributed by atoms with E-state index in [1.807, 2.05) is 6.92 Å². The fraction of sp³-hybridized carbons (Fsp3) is 0.833. The van der Waals surface area contributed by atoms with Gasteiger partial charge < -0.3 is 0 Å². The van der Waals surface area contributed by atoms with Crippen molar-refractivity contribution in [1.29, 1.82) is 5.26 Å². The zero-order valence-corrected chi connectivity index (χ0v) is 8.63. The Bertz CT molecular complexity index is 284. The van der Waals surface area contributed by atoms with Crippen LogP contribution in [-0.4, -0.2) is 40.5 Å². The van der Waals surface area contributed by atoms with Gasteiger partial charge in [-0.05, 0) is 0 Å². The van der Waals surface area contributed by atoms with Crippen LogP contribution in [0, 0.1) is 11.5 Å². The van der Waals surface area contributed by atoms with Crippen molar-refractivity contribution in [2.75, 3.05) is 27.7 Å². The van der Waals surface area contributed by atoms with Crippen LogP contribution in [0.3, 0.4) is 0 Å². The highest BCUT2D eigenvalue weighted by atomic mass is 32.2. The molecule has 0 heterocycles. The summed E-state index contributed by atoms with van der Waals surface area (Å²) in [6, 6.07) is 0. The Morgan fingerprint density at radius 2 is 2.00 bits per heavy atom. The van der Waals surface area contributed by atoms with Gasteiger partial charge in [-0.2, -0.15) is 5.26 Å². The molecular weight excluding hydrogens is 176 g/mol. The molecule has 0 saturated heterocycles. The summed E-state index contributed by atoms with van der Waals surface area (Å²) >= 11 is 0. The van der Waals surface area contributed by atoms with Gasteiger partial charge in [-0.25, -0.2) is 12.8 Å². The van der Waals surface area contributed by atoms with E-state index in [9.17, 15) is 4.21 Å². The molecule has 1 atom stereocenters. The summed E-state index contributed by atoms with van der Waals surface area (Å²) in [6.07, 6.45) is 1.57. The van der Waals surface area contributed by atoms with E-state index in [0.717, 1.165) is 0 Å². The smallest absolute Gasteiger partial charge is 0.216 e. The van der Waals surface area contributed by atoms with Crippen molar-refractivity contribution in [3.63, 3.8) is 0 Å². The lowest BCUT2D eigenvalue weighted by atomic mass is 10.8. The van der Waals surface area contributed by atoms with Crippen molar-refractivity contribution in [2.45, 2.75) is 6.92 Å². The Morgan fingerprint density at radius 3 is 2.25 bits per heavy atom. The molecule has 0 aromatic carbocycles. The minimum absolute atomic E-state index is 0.586. The molecule has 0 bridgehead atoms. The van der Waals surface area contributed by atoms with Gasteiger partial charge in [0.05, 0.1) is 0 Å². The maximum Gasteiger partial charge on any atom is 0.216 e. The van der Waals surface area contributed by atoms with Crippen LogP contribution in [0.4, 0.5) is 0 Å². The highest BCUT2D eigenvalue weighted by Gasteiger charge is 2.16. The summed E-state index contributed by atoms with van der Waals surface area (Å²) in [7, 11) is 2.28. The Hall–Kier alpha value is -0.640. The van der Waals surface area contributed by atoms with Gasteiger partial charge in [0.25, 0.3) is 0 Å². The summed E-state index contributed by atoms with van der Waals surface area (Å²) < 4.78 is 18.3. The fourth-order valence-electron chi connectivity index (χ4n) is 0.651. The Kier molecular flexibility index (Phi) is 4.17. The first kappa shape index (κ1) is 11.4. The molecule has 0 aliphatic heterocycles. The molecule has 1 unspecified atom stereocenters. The molecule has 0 saturated carbocycles. The summed E-state index contributed by atoms with van der Waals surface area (Å²) in [5.41, 5.74) is 0. The lowest BCUT2D eigenvalue weighted by Crippen LogP contribution is -2.36. The minimum atomic E-state index is -2.65. The highest BCUT2D eigenvalue weighted by Crippen LogP contribution is 2.04. The molecule has 0 rings (SSSR count). The zero-order valence-electron chi connectivity index (χ0n) is 7.81. The first-order valence-corrected chi connectivity index (χ1v) is 4.96. The molecule has 0 spiro atoms. The topological polar surface area (TPSA) is 59.7 Å². The van der Waals surface area contributed by atoms with E-state index in [1.165, 1.54) is 8.61 Å². The molecule has 0 aliphatic carbocycles. The third-order valence-electron chi connectivity index (χ3n) is 1.49. The summed E-state index contributed by atoms with van der Waals surface area (Å²) in [4.78, 5) is 0. The molecule has 0 aliphatic rings. The number of nitrogens with zero attached hydrogens (tertiary/aromatic N) is 4. The van der Waals surface area contributed by atoms with Crippen molar-refractivity contribution in [1.82, 2.24) is 8.61 Å². The van der Waals surface area contributed by atoms with Gasteiger partial charge in [0.15, 0.2) is 10.1 Å². The maximum absolute atomic E-state index is 11.9. The molecule has 0 amide bonds. The van der Waals surface area contributed by atoms with Crippen molar-refractivity contribution in [3.05, 3.63) is 0 Å². The van der Waals surface area contributed by atoms with Crippen molar-refractivity contribution in [2.24, 2.45) is 4.36 Å². The third kappa shape index (κ3) is 2.17. The van der Waals surface area contributed by atoms with Crippen molar-refractivity contribution >= 4 is 10.1 Å². The van der Waals surface area contributed by atoms with Crippen LogP contribution in [0.25, 0.3) is 0 Å². The minimum Gasteiger partial charge on any atom is -0.216 e. The maximum atomic E-state index is 11.9. The third-order valence-corrected chi connectivity index (χ3v) is 3.83. The normalized spacial score (nSPS) is 15.8. The van der Waals surface area contributed by atoms with Gasteiger partial charge in [-0.3, -0.25) is 0 Å². The van der Waals surface area contributed by atoms with Gasteiger partial charge in [-0.15, -0.1) is 0 Å². The number of nitriles is 1. The van der Waals surface area contributed by atoms with E-state index < -0.39 is 10.1 Å². The van der Waals surface area contributed by atoms with Crippen LogP contribution >= 0.6 is 0 Å². The van der Waals surface area contributed by atoms with Crippen molar-refractivity contribution < 1.29 is 4.21 Å². The lowest BCUT2D eigenvalue weighted by molar-refractivity contribution is 0.481. The standard InChI is InChI=1S/C6H14N4OS/c1-5-10(4)12(11,8-6-7)9(2)3/h5H2,1-4H3. The van der Waals surface area contributed by atoms with Crippen LogP contribution in [0.15, 0.2) is 4.36 Å². The largest absolute Gasteiger partial charge is 0.216 e. The average Bonchev–Trinajstić information content (AvgIpc) is 2.03. The predicted molar refractivity (Wildman–Crippen MR) is 48.2 cm³/mol. The average molecular weight is 190 g/mol.